The molecule has 0 heterocycles. The van der Waals surface area contributed by atoms with Gasteiger partial charge in [-0.3, -0.25) is 0 Å². The lowest BCUT2D eigenvalue weighted by Crippen LogP contribution is -1.86. The first-order valence-corrected chi connectivity index (χ1v) is 4.59. The molecule has 5 nitrogen and oxygen atoms in total. The van der Waals surface area contributed by atoms with Crippen LogP contribution in [-0.2, 0) is 10.9 Å². The molecule has 0 aliphatic carbocycles. The number of benzene rings is 1. The Morgan fingerprint density at radius 3 is 2.23 bits per heavy atom. The molecule has 0 saturated heterocycles. The summed E-state index contributed by atoms with van der Waals surface area (Å²) in [5, 5.41) is 4.06. The molecule has 13 heavy (non-hydrogen) atoms. The summed E-state index contributed by atoms with van der Waals surface area (Å²) in [7, 11) is -1.00. The first kappa shape index (κ1) is 11.7. The van der Waals surface area contributed by atoms with E-state index in [0.29, 0.717) is 0 Å². The van der Waals surface area contributed by atoms with Crippen LogP contribution in [0, 0.1) is 0 Å². The molecule has 4 N–H and O–H groups in total. The highest BCUT2D eigenvalue weighted by Crippen LogP contribution is 2.12. The topological polar surface area (TPSA) is 95.4 Å². The van der Waals surface area contributed by atoms with Crippen LogP contribution in [0.1, 0.15) is 0 Å². The average molecular weight is 204 g/mol. The molecule has 0 radical (unpaired) electrons. The van der Waals surface area contributed by atoms with E-state index in [1.54, 1.807) is 13.2 Å². The van der Waals surface area contributed by atoms with Crippen molar-refractivity contribution < 1.29 is 13.2 Å². The predicted octanol–water partition coefficient (Wildman–Crippen LogP) is -0.251. The van der Waals surface area contributed by atoms with Crippen molar-refractivity contribution in [2.75, 3.05) is 12.8 Å². The summed E-state index contributed by atoms with van der Waals surface area (Å²) in [5.74, 6) is 0.801. The zero-order chi connectivity index (χ0) is 10.3. The number of ether oxygens (including phenoxy) is 1. The molecule has 0 aliphatic rings. The third kappa shape index (κ3) is 7.10. The maximum atomic E-state index is 8.81. The minimum Gasteiger partial charge on any atom is -0.497 e. The Morgan fingerprint density at radius 1 is 1.38 bits per heavy atom. The van der Waals surface area contributed by atoms with E-state index in [4.69, 9.17) is 18.9 Å². The summed E-state index contributed by atoms with van der Waals surface area (Å²) in [6, 6.07) is 7.31. The third-order valence-electron chi connectivity index (χ3n) is 1.09. The van der Waals surface area contributed by atoms with Gasteiger partial charge in [-0.2, -0.15) is 0 Å². The number of hydrogen-bond acceptors (Lipinski definition) is 4. The van der Waals surface area contributed by atoms with E-state index >= 15 is 0 Å². The molecule has 1 aromatic carbocycles. The quantitative estimate of drug-likeness (QED) is 0.434. The summed E-state index contributed by atoms with van der Waals surface area (Å²) >= 11 is 0. The zero-order valence-electron chi connectivity index (χ0n) is 7.14. The van der Waals surface area contributed by atoms with Gasteiger partial charge in [0.05, 0.1) is 7.11 Å². The first-order chi connectivity index (χ1) is 6.06. The van der Waals surface area contributed by atoms with Gasteiger partial charge in [0.2, 0.25) is 0 Å². The summed E-state index contributed by atoms with van der Waals surface area (Å²) in [6.45, 7) is 0. The molecular weight excluding hydrogens is 192 g/mol. The van der Waals surface area contributed by atoms with Gasteiger partial charge in [0.1, 0.15) is 5.75 Å². The highest BCUT2D eigenvalue weighted by molar-refractivity contribution is 7.69. The minimum absolute atomic E-state index is 0.731. The van der Waals surface area contributed by atoms with Crippen LogP contribution in [0.5, 0.6) is 5.75 Å². The van der Waals surface area contributed by atoms with Gasteiger partial charge in [0.25, 0.3) is 0 Å². The summed E-state index contributed by atoms with van der Waals surface area (Å²) in [5.41, 5.74) is 6.19. The predicted molar refractivity (Wildman–Crippen MR) is 51.9 cm³/mol. The molecule has 0 spiro atoms. The fourth-order valence-corrected chi connectivity index (χ4v) is 0.642. The molecule has 1 aromatic rings. The van der Waals surface area contributed by atoms with Crippen molar-refractivity contribution in [3.05, 3.63) is 24.3 Å². The maximum absolute atomic E-state index is 8.81. The normalized spacial score (nSPS) is 8.85. The zero-order valence-corrected chi connectivity index (χ0v) is 8.03. The first-order valence-electron chi connectivity index (χ1n) is 3.35. The number of methoxy groups -OCH3 is 1. The molecule has 0 amide bonds. The number of thiol groups is 1. The minimum atomic E-state index is -2.62. The monoisotopic (exact) mass is 204 g/mol. The molecule has 74 valence electrons. The van der Waals surface area contributed by atoms with Crippen molar-refractivity contribution in [1.29, 1.82) is 0 Å². The van der Waals surface area contributed by atoms with Crippen molar-refractivity contribution in [3.8, 4) is 5.75 Å². The van der Waals surface area contributed by atoms with Gasteiger partial charge in [-0.05, 0) is 12.1 Å². The van der Waals surface area contributed by atoms with Crippen LogP contribution >= 0.6 is 0 Å². The molecule has 0 fully saturated rings. The van der Waals surface area contributed by atoms with Gasteiger partial charge >= 0.3 is 0 Å². The van der Waals surface area contributed by atoms with Crippen LogP contribution in [0.15, 0.2) is 24.3 Å². The van der Waals surface area contributed by atoms with Crippen LogP contribution in [-0.4, -0.2) is 15.5 Å². The highest BCUT2D eigenvalue weighted by atomic mass is 32.2. The largest absolute Gasteiger partial charge is 0.497 e. The summed E-state index contributed by atoms with van der Waals surface area (Å²) < 4.78 is 22.5. The van der Waals surface area contributed by atoms with Crippen LogP contribution in [0.3, 0.4) is 0 Å². The van der Waals surface area contributed by atoms with Gasteiger partial charge in [0.15, 0.2) is 10.9 Å². The van der Waals surface area contributed by atoms with Crippen molar-refractivity contribution in [3.63, 3.8) is 0 Å². The van der Waals surface area contributed by atoms with E-state index < -0.39 is 10.9 Å². The Morgan fingerprint density at radius 2 is 1.92 bits per heavy atom. The van der Waals surface area contributed by atoms with Crippen molar-refractivity contribution >= 4 is 16.6 Å². The molecule has 0 atom stereocenters. The molecule has 0 bridgehead atoms. The van der Waals surface area contributed by atoms with Gasteiger partial charge < -0.3 is 10.5 Å². The Balaban J connectivity index is 0.000000310. The smallest absolute Gasteiger partial charge is 0.198 e. The van der Waals surface area contributed by atoms with Crippen molar-refractivity contribution in [1.82, 2.24) is 0 Å². The molecule has 0 aromatic heterocycles. The molecule has 1 rings (SSSR count). The maximum Gasteiger partial charge on any atom is 0.198 e. The Hall–Kier alpha value is -1.27. The van der Waals surface area contributed by atoms with Gasteiger partial charge in [-0.15, -0.1) is 0 Å². The number of rotatable bonds is 1. The van der Waals surface area contributed by atoms with E-state index in [1.807, 2.05) is 18.2 Å². The highest BCUT2D eigenvalue weighted by Gasteiger charge is 1.87. The third-order valence-corrected chi connectivity index (χ3v) is 1.09. The second-order valence-corrected chi connectivity index (χ2v) is 2.63. The SMILES string of the molecule is COc1cccc(N)c1.N[SH](=O)=O. The number of anilines is 1. The lowest BCUT2D eigenvalue weighted by atomic mass is 10.3. The van der Waals surface area contributed by atoms with Gasteiger partial charge in [-0.25, -0.2) is 13.6 Å². The second kappa shape index (κ2) is 6.27. The van der Waals surface area contributed by atoms with Gasteiger partial charge in [0, 0.05) is 11.8 Å². The van der Waals surface area contributed by atoms with Crippen molar-refractivity contribution in [2.45, 2.75) is 0 Å². The number of nitrogens with two attached hydrogens (primary N) is 2. The summed E-state index contributed by atoms with van der Waals surface area (Å²) in [4.78, 5) is 0. The average Bonchev–Trinajstić information content (AvgIpc) is 2.03. The second-order valence-electron chi connectivity index (χ2n) is 2.06. The molecule has 6 heteroatoms. The van der Waals surface area contributed by atoms with E-state index in [9.17, 15) is 0 Å². The van der Waals surface area contributed by atoms with Crippen LogP contribution in [0.4, 0.5) is 5.69 Å². The molecule has 0 aliphatic heterocycles. The van der Waals surface area contributed by atoms with Crippen LogP contribution < -0.4 is 15.6 Å². The van der Waals surface area contributed by atoms with Crippen molar-refractivity contribution in [2.24, 2.45) is 5.14 Å². The Kier molecular flexibility index (Phi) is 5.66. The molecule has 0 unspecified atom stereocenters. The molecular formula is C7H12N2O3S. The van der Waals surface area contributed by atoms with E-state index in [0.717, 1.165) is 11.4 Å². The van der Waals surface area contributed by atoms with E-state index in [1.165, 1.54) is 0 Å². The lowest BCUT2D eigenvalue weighted by molar-refractivity contribution is 0.415. The summed E-state index contributed by atoms with van der Waals surface area (Å²) in [6.07, 6.45) is 0. The number of nitrogen functional groups attached to an aromatic ring is 1. The van der Waals surface area contributed by atoms with E-state index in [2.05, 4.69) is 5.14 Å². The van der Waals surface area contributed by atoms with Gasteiger partial charge in [-0.1, -0.05) is 6.07 Å². The fraction of sp³-hybridized carbons (Fsp3) is 0.143. The Bertz CT molecular complexity index is 317. The standard InChI is InChI=1S/C7H9NO.H3NO2S/c1-9-7-4-2-3-6(8)5-7;1-4(2)3/h2-5H,8H2,1H3;4H,(H2,1,2,3). The Labute approximate surface area is 78.4 Å². The lowest BCUT2D eigenvalue weighted by Gasteiger charge is -1.97. The number of hydrogen-bond donors (Lipinski definition) is 3. The fourth-order valence-electron chi connectivity index (χ4n) is 0.642. The van der Waals surface area contributed by atoms with Crippen LogP contribution in [0.25, 0.3) is 0 Å². The van der Waals surface area contributed by atoms with Crippen LogP contribution in [0.2, 0.25) is 0 Å². The van der Waals surface area contributed by atoms with E-state index in [-0.39, 0.29) is 0 Å². The molecule has 0 saturated carbocycles.